The van der Waals surface area contributed by atoms with Crippen molar-refractivity contribution in [1.29, 1.82) is 0 Å². The lowest BCUT2D eigenvalue weighted by Crippen LogP contribution is -2.35. The standard InChI is InChI=1S/C8H19NO4S/c1-8(4-6-13-2)9-14(11,12)7-3-5-10/h8-10H,3-7H2,1-2H3. The van der Waals surface area contributed by atoms with Gasteiger partial charge in [0.15, 0.2) is 0 Å². The molecule has 0 heterocycles. The summed E-state index contributed by atoms with van der Waals surface area (Å²) in [5.41, 5.74) is 0. The molecule has 0 aromatic heterocycles. The van der Waals surface area contributed by atoms with Gasteiger partial charge in [-0.25, -0.2) is 13.1 Å². The summed E-state index contributed by atoms with van der Waals surface area (Å²) in [7, 11) is -1.66. The van der Waals surface area contributed by atoms with Gasteiger partial charge in [0, 0.05) is 26.4 Å². The first kappa shape index (κ1) is 13.8. The summed E-state index contributed by atoms with van der Waals surface area (Å²) in [6.45, 7) is 2.21. The Labute approximate surface area is 85.5 Å². The second-order valence-electron chi connectivity index (χ2n) is 3.20. The number of ether oxygens (including phenoxy) is 1. The van der Waals surface area contributed by atoms with Crippen molar-refractivity contribution in [3.63, 3.8) is 0 Å². The van der Waals surface area contributed by atoms with E-state index in [0.29, 0.717) is 13.0 Å². The number of nitrogens with one attached hydrogen (secondary N) is 1. The molecular formula is C8H19NO4S. The Bertz CT molecular complexity index is 227. The molecule has 14 heavy (non-hydrogen) atoms. The summed E-state index contributed by atoms with van der Waals surface area (Å²) in [5, 5.41) is 8.49. The first-order valence-corrected chi connectivity index (χ1v) is 6.27. The number of aliphatic hydroxyl groups excluding tert-OH is 1. The number of aliphatic hydroxyl groups is 1. The van der Waals surface area contributed by atoms with E-state index in [1.165, 1.54) is 0 Å². The van der Waals surface area contributed by atoms with E-state index in [9.17, 15) is 8.42 Å². The van der Waals surface area contributed by atoms with E-state index in [4.69, 9.17) is 9.84 Å². The topological polar surface area (TPSA) is 75.6 Å². The maximum atomic E-state index is 11.3. The van der Waals surface area contributed by atoms with Gasteiger partial charge in [-0.3, -0.25) is 0 Å². The molecule has 0 radical (unpaired) electrons. The zero-order chi connectivity index (χ0) is 11.0. The SMILES string of the molecule is COCCC(C)NS(=O)(=O)CCCO. The summed E-state index contributed by atoms with van der Waals surface area (Å²) in [4.78, 5) is 0. The van der Waals surface area contributed by atoms with E-state index in [0.717, 1.165) is 0 Å². The van der Waals surface area contributed by atoms with Gasteiger partial charge in [-0.2, -0.15) is 0 Å². The highest BCUT2D eigenvalue weighted by atomic mass is 32.2. The van der Waals surface area contributed by atoms with Gasteiger partial charge >= 0.3 is 0 Å². The maximum absolute atomic E-state index is 11.3. The van der Waals surface area contributed by atoms with Crippen LogP contribution in [0.5, 0.6) is 0 Å². The van der Waals surface area contributed by atoms with Crippen LogP contribution in [0.2, 0.25) is 0 Å². The van der Waals surface area contributed by atoms with Gasteiger partial charge in [0.2, 0.25) is 10.0 Å². The van der Waals surface area contributed by atoms with E-state index in [1.807, 2.05) is 0 Å². The molecule has 5 nitrogen and oxygen atoms in total. The Morgan fingerprint density at radius 2 is 2.14 bits per heavy atom. The number of rotatable bonds is 8. The van der Waals surface area contributed by atoms with E-state index in [-0.39, 0.29) is 24.8 Å². The predicted molar refractivity (Wildman–Crippen MR) is 54.6 cm³/mol. The molecule has 0 fully saturated rings. The lowest BCUT2D eigenvalue weighted by atomic mass is 10.3. The van der Waals surface area contributed by atoms with Crippen molar-refractivity contribution in [2.45, 2.75) is 25.8 Å². The Kier molecular flexibility index (Phi) is 7.08. The average Bonchev–Trinajstić information content (AvgIpc) is 2.11. The normalized spacial score (nSPS) is 14.2. The van der Waals surface area contributed by atoms with Crippen LogP contribution in [0.15, 0.2) is 0 Å². The molecule has 0 saturated carbocycles. The quantitative estimate of drug-likeness (QED) is 0.595. The summed E-state index contributed by atoms with van der Waals surface area (Å²) < 4.78 is 29.9. The van der Waals surface area contributed by atoms with Gasteiger partial charge in [0.1, 0.15) is 0 Å². The van der Waals surface area contributed by atoms with Crippen LogP contribution in [0, 0.1) is 0 Å². The molecule has 0 bridgehead atoms. The molecule has 1 unspecified atom stereocenters. The van der Waals surface area contributed by atoms with E-state index >= 15 is 0 Å². The second-order valence-corrected chi connectivity index (χ2v) is 5.07. The monoisotopic (exact) mass is 225 g/mol. The molecule has 0 aromatic rings. The number of sulfonamides is 1. The predicted octanol–water partition coefficient (Wildman–Crippen LogP) is -0.287. The summed E-state index contributed by atoms with van der Waals surface area (Å²) in [6, 6.07) is -0.126. The minimum atomic E-state index is -3.24. The van der Waals surface area contributed by atoms with Gasteiger partial charge in [-0.05, 0) is 19.8 Å². The van der Waals surface area contributed by atoms with Crippen molar-refractivity contribution >= 4 is 10.0 Å². The third-order valence-corrected chi connectivity index (χ3v) is 3.29. The van der Waals surface area contributed by atoms with Crippen LogP contribution in [0.4, 0.5) is 0 Å². The van der Waals surface area contributed by atoms with Crippen LogP contribution in [0.25, 0.3) is 0 Å². The molecule has 0 rings (SSSR count). The van der Waals surface area contributed by atoms with Crippen LogP contribution in [0.3, 0.4) is 0 Å². The highest BCUT2D eigenvalue weighted by Gasteiger charge is 2.13. The Morgan fingerprint density at radius 3 is 2.64 bits per heavy atom. The molecule has 2 N–H and O–H groups in total. The minimum Gasteiger partial charge on any atom is -0.396 e. The molecule has 0 amide bonds. The highest BCUT2D eigenvalue weighted by Crippen LogP contribution is 1.96. The maximum Gasteiger partial charge on any atom is 0.211 e. The third-order valence-electron chi connectivity index (χ3n) is 1.71. The van der Waals surface area contributed by atoms with Crippen molar-refractivity contribution < 1.29 is 18.3 Å². The Balaban J connectivity index is 3.83. The molecule has 0 saturated heterocycles. The van der Waals surface area contributed by atoms with Crippen molar-refractivity contribution in [3.05, 3.63) is 0 Å². The number of methoxy groups -OCH3 is 1. The van der Waals surface area contributed by atoms with E-state index in [1.54, 1.807) is 14.0 Å². The smallest absolute Gasteiger partial charge is 0.211 e. The number of hydrogen-bond donors (Lipinski definition) is 2. The van der Waals surface area contributed by atoms with Crippen LogP contribution in [-0.2, 0) is 14.8 Å². The zero-order valence-corrected chi connectivity index (χ0v) is 9.51. The van der Waals surface area contributed by atoms with Crippen molar-refractivity contribution in [2.24, 2.45) is 0 Å². The fourth-order valence-electron chi connectivity index (χ4n) is 0.974. The second kappa shape index (κ2) is 7.17. The molecule has 6 heteroatoms. The van der Waals surface area contributed by atoms with Crippen molar-refractivity contribution in [2.75, 3.05) is 26.1 Å². The van der Waals surface area contributed by atoms with Crippen LogP contribution in [0.1, 0.15) is 19.8 Å². The van der Waals surface area contributed by atoms with Gasteiger partial charge in [0.05, 0.1) is 5.75 Å². The Morgan fingerprint density at radius 1 is 1.50 bits per heavy atom. The third kappa shape index (κ3) is 7.25. The molecule has 0 aromatic carbocycles. The molecule has 1 atom stereocenters. The first-order valence-electron chi connectivity index (χ1n) is 4.61. The van der Waals surface area contributed by atoms with E-state index in [2.05, 4.69) is 4.72 Å². The van der Waals surface area contributed by atoms with Crippen molar-refractivity contribution in [1.82, 2.24) is 4.72 Å². The lowest BCUT2D eigenvalue weighted by Gasteiger charge is -2.13. The van der Waals surface area contributed by atoms with Crippen LogP contribution < -0.4 is 4.72 Å². The zero-order valence-electron chi connectivity index (χ0n) is 8.69. The lowest BCUT2D eigenvalue weighted by molar-refractivity contribution is 0.188. The van der Waals surface area contributed by atoms with Gasteiger partial charge in [-0.15, -0.1) is 0 Å². The van der Waals surface area contributed by atoms with Gasteiger partial charge in [0.25, 0.3) is 0 Å². The molecule has 0 aliphatic heterocycles. The molecule has 0 spiro atoms. The van der Waals surface area contributed by atoms with Gasteiger partial charge < -0.3 is 9.84 Å². The average molecular weight is 225 g/mol. The summed E-state index contributed by atoms with van der Waals surface area (Å²) in [6.07, 6.45) is 0.918. The van der Waals surface area contributed by atoms with Crippen LogP contribution >= 0.6 is 0 Å². The molecule has 86 valence electrons. The fraction of sp³-hybridized carbons (Fsp3) is 1.00. The fourth-order valence-corrected chi connectivity index (χ4v) is 2.33. The summed E-state index contributed by atoms with van der Waals surface area (Å²) in [5.74, 6) is -0.0270. The molecule has 0 aliphatic carbocycles. The van der Waals surface area contributed by atoms with Gasteiger partial charge in [-0.1, -0.05) is 0 Å². The Hall–Kier alpha value is -0.170. The van der Waals surface area contributed by atoms with E-state index < -0.39 is 10.0 Å². The molecular weight excluding hydrogens is 206 g/mol. The molecule has 0 aliphatic rings. The first-order chi connectivity index (χ1) is 6.52. The number of hydrogen-bond acceptors (Lipinski definition) is 4. The largest absolute Gasteiger partial charge is 0.396 e. The minimum absolute atomic E-state index is 0.0270. The highest BCUT2D eigenvalue weighted by molar-refractivity contribution is 7.89. The van der Waals surface area contributed by atoms with Crippen molar-refractivity contribution in [3.8, 4) is 0 Å². The summed E-state index contributed by atoms with van der Waals surface area (Å²) >= 11 is 0. The van der Waals surface area contributed by atoms with Crippen LogP contribution in [-0.4, -0.2) is 45.6 Å².